The number of pyridine rings is 1. The molecule has 1 atom stereocenters. The molecule has 0 saturated carbocycles. The van der Waals surface area contributed by atoms with Gasteiger partial charge in [0.25, 0.3) is 5.91 Å². The van der Waals surface area contributed by atoms with Crippen LogP contribution >= 0.6 is 11.3 Å². The van der Waals surface area contributed by atoms with Crippen molar-refractivity contribution in [3.8, 4) is 0 Å². The second-order valence-corrected chi connectivity index (χ2v) is 7.15. The number of aliphatic hydroxyl groups is 1. The second-order valence-electron chi connectivity index (χ2n) is 6.12. The smallest absolute Gasteiger partial charge is 0.254 e. The largest absolute Gasteiger partial charge is 0.396 e. The quantitative estimate of drug-likeness (QED) is 0.819. The predicted molar refractivity (Wildman–Crippen MR) is 100 cm³/mol. The van der Waals surface area contributed by atoms with Crippen LogP contribution in [0.25, 0.3) is 0 Å². The Hall–Kier alpha value is -1.96. The number of anilines is 1. The van der Waals surface area contributed by atoms with E-state index in [4.69, 9.17) is 0 Å². The minimum atomic E-state index is -0.122. The molecule has 1 saturated heterocycles. The highest BCUT2D eigenvalue weighted by atomic mass is 32.1. The van der Waals surface area contributed by atoms with Gasteiger partial charge >= 0.3 is 0 Å². The lowest BCUT2D eigenvalue weighted by Gasteiger charge is -2.42. The van der Waals surface area contributed by atoms with Gasteiger partial charge in [0, 0.05) is 56.9 Å². The van der Waals surface area contributed by atoms with E-state index in [1.807, 2.05) is 0 Å². The van der Waals surface area contributed by atoms with Crippen molar-refractivity contribution >= 4 is 23.1 Å². The highest BCUT2D eigenvalue weighted by molar-refractivity contribution is 7.09. The van der Waals surface area contributed by atoms with Crippen LogP contribution < -0.4 is 10.2 Å². The molecular weight excluding hydrogens is 336 g/mol. The summed E-state index contributed by atoms with van der Waals surface area (Å²) in [5.74, 6) is 0.600. The lowest BCUT2D eigenvalue weighted by Crippen LogP contribution is -2.53. The van der Waals surface area contributed by atoms with Crippen LogP contribution in [0.4, 0.5) is 5.82 Å². The minimum absolute atomic E-state index is 0.122. The van der Waals surface area contributed by atoms with Gasteiger partial charge in [-0.1, -0.05) is 6.07 Å². The number of rotatable bonds is 6. The van der Waals surface area contributed by atoms with Crippen molar-refractivity contribution in [1.29, 1.82) is 0 Å². The number of carbonyl (C=O) groups excluding carboxylic acids is 1. The third-order valence-corrected chi connectivity index (χ3v) is 5.43. The van der Waals surface area contributed by atoms with Crippen molar-refractivity contribution in [3.63, 3.8) is 0 Å². The molecule has 1 aliphatic rings. The van der Waals surface area contributed by atoms with Gasteiger partial charge in [0.2, 0.25) is 0 Å². The number of aromatic nitrogens is 1. The number of thiophene rings is 1. The summed E-state index contributed by atoms with van der Waals surface area (Å²) in [6.45, 7) is 3.51. The summed E-state index contributed by atoms with van der Waals surface area (Å²) in [5, 5.41) is 14.3. The standard InChI is InChI=1S/C18H24N4O2S/c1-19-18(24)16-5-2-7-20-17(16)22-9-8-21(14(12-22)6-10-23)13-15-4-3-11-25-15/h2-5,7,11,14,23H,6,8-10,12-13H2,1H3,(H,19,24). The maximum Gasteiger partial charge on any atom is 0.254 e. The Kier molecular flexibility index (Phi) is 6.01. The first-order chi connectivity index (χ1) is 12.2. The van der Waals surface area contributed by atoms with Crippen LogP contribution in [0.5, 0.6) is 0 Å². The molecule has 2 aromatic heterocycles. The third kappa shape index (κ3) is 4.18. The first-order valence-electron chi connectivity index (χ1n) is 8.52. The van der Waals surface area contributed by atoms with Crippen LogP contribution in [0.15, 0.2) is 35.8 Å². The van der Waals surface area contributed by atoms with Gasteiger partial charge in [-0.15, -0.1) is 11.3 Å². The van der Waals surface area contributed by atoms with Gasteiger partial charge in [0.05, 0.1) is 5.56 Å². The maximum atomic E-state index is 12.1. The van der Waals surface area contributed by atoms with Crippen LogP contribution in [0, 0.1) is 0 Å². The second kappa shape index (κ2) is 8.42. The molecule has 7 heteroatoms. The molecule has 1 aliphatic heterocycles. The molecule has 134 valence electrons. The summed E-state index contributed by atoms with van der Waals surface area (Å²) < 4.78 is 0. The van der Waals surface area contributed by atoms with Crippen molar-refractivity contribution in [3.05, 3.63) is 46.3 Å². The van der Waals surface area contributed by atoms with E-state index in [9.17, 15) is 9.90 Å². The number of hydrogen-bond acceptors (Lipinski definition) is 6. The number of aliphatic hydroxyl groups excluding tert-OH is 1. The van der Waals surface area contributed by atoms with Crippen LogP contribution in [0.3, 0.4) is 0 Å². The Labute approximate surface area is 152 Å². The number of piperazine rings is 1. The van der Waals surface area contributed by atoms with E-state index in [0.717, 1.165) is 32.0 Å². The zero-order chi connectivity index (χ0) is 17.6. The maximum absolute atomic E-state index is 12.1. The van der Waals surface area contributed by atoms with Gasteiger partial charge in [-0.2, -0.15) is 0 Å². The number of nitrogens with zero attached hydrogens (tertiary/aromatic N) is 3. The molecule has 0 spiro atoms. The summed E-state index contributed by atoms with van der Waals surface area (Å²) in [6, 6.07) is 8.04. The third-order valence-electron chi connectivity index (χ3n) is 4.56. The Morgan fingerprint density at radius 3 is 3.00 bits per heavy atom. The Morgan fingerprint density at radius 1 is 1.40 bits per heavy atom. The molecule has 6 nitrogen and oxygen atoms in total. The zero-order valence-corrected chi connectivity index (χ0v) is 15.2. The molecule has 3 heterocycles. The van der Waals surface area contributed by atoms with Crippen LogP contribution in [-0.2, 0) is 6.54 Å². The van der Waals surface area contributed by atoms with Gasteiger partial charge in [0.15, 0.2) is 0 Å². The van der Waals surface area contributed by atoms with Gasteiger partial charge < -0.3 is 15.3 Å². The van der Waals surface area contributed by atoms with Crippen molar-refractivity contribution in [2.75, 3.05) is 38.2 Å². The summed E-state index contributed by atoms with van der Waals surface area (Å²) in [5.41, 5.74) is 0.597. The first kappa shape index (κ1) is 17.8. The molecule has 2 N–H and O–H groups in total. The average Bonchev–Trinajstić information content (AvgIpc) is 3.16. The Morgan fingerprint density at radius 2 is 2.28 bits per heavy atom. The zero-order valence-electron chi connectivity index (χ0n) is 14.4. The molecule has 0 bridgehead atoms. The molecule has 0 radical (unpaired) electrons. The number of hydrogen-bond donors (Lipinski definition) is 2. The molecule has 1 amide bonds. The van der Waals surface area contributed by atoms with Gasteiger partial charge in [0.1, 0.15) is 5.82 Å². The van der Waals surface area contributed by atoms with E-state index in [0.29, 0.717) is 12.0 Å². The average molecular weight is 360 g/mol. The Balaban J connectivity index is 1.77. The first-order valence-corrected chi connectivity index (χ1v) is 9.40. The van der Waals surface area contributed by atoms with E-state index in [2.05, 4.69) is 37.6 Å². The van der Waals surface area contributed by atoms with E-state index >= 15 is 0 Å². The fraction of sp³-hybridized carbons (Fsp3) is 0.444. The number of amides is 1. The highest BCUT2D eigenvalue weighted by Gasteiger charge is 2.29. The SMILES string of the molecule is CNC(=O)c1cccnc1N1CCN(Cc2cccs2)C(CCO)C1. The number of carbonyl (C=O) groups is 1. The monoisotopic (exact) mass is 360 g/mol. The molecule has 0 aromatic carbocycles. The summed E-state index contributed by atoms with van der Waals surface area (Å²) in [7, 11) is 1.63. The topological polar surface area (TPSA) is 68.7 Å². The van der Waals surface area contributed by atoms with E-state index in [-0.39, 0.29) is 18.6 Å². The fourth-order valence-electron chi connectivity index (χ4n) is 3.28. The van der Waals surface area contributed by atoms with Crippen LogP contribution in [0.2, 0.25) is 0 Å². The van der Waals surface area contributed by atoms with Crippen molar-refractivity contribution in [1.82, 2.24) is 15.2 Å². The summed E-state index contributed by atoms with van der Waals surface area (Å²) in [6.07, 6.45) is 2.44. The Bertz CT molecular complexity index is 692. The van der Waals surface area contributed by atoms with Crippen LogP contribution in [-0.4, -0.2) is 60.2 Å². The van der Waals surface area contributed by atoms with Gasteiger partial charge in [-0.25, -0.2) is 4.98 Å². The van der Waals surface area contributed by atoms with Gasteiger partial charge in [-0.05, 0) is 30.0 Å². The fourth-order valence-corrected chi connectivity index (χ4v) is 4.01. The summed E-state index contributed by atoms with van der Waals surface area (Å²) in [4.78, 5) is 22.5. The molecule has 1 fully saturated rings. The molecular formula is C18H24N4O2S. The van der Waals surface area contributed by atoms with Crippen molar-refractivity contribution < 1.29 is 9.90 Å². The predicted octanol–water partition coefficient (Wildman–Crippen LogP) is 1.58. The van der Waals surface area contributed by atoms with Gasteiger partial charge in [-0.3, -0.25) is 9.69 Å². The minimum Gasteiger partial charge on any atom is -0.396 e. The van der Waals surface area contributed by atoms with Crippen LogP contribution in [0.1, 0.15) is 21.7 Å². The van der Waals surface area contributed by atoms with Crippen molar-refractivity contribution in [2.24, 2.45) is 0 Å². The normalized spacial score (nSPS) is 18.3. The van der Waals surface area contributed by atoms with E-state index < -0.39 is 0 Å². The molecule has 1 unspecified atom stereocenters. The van der Waals surface area contributed by atoms with E-state index in [1.165, 1.54) is 4.88 Å². The summed E-state index contributed by atoms with van der Waals surface area (Å²) >= 11 is 1.76. The number of nitrogens with one attached hydrogen (secondary N) is 1. The highest BCUT2D eigenvalue weighted by Crippen LogP contribution is 2.24. The molecule has 2 aromatic rings. The molecule has 0 aliphatic carbocycles. The lowest BCUT2D eigenvalue weighted by atomic mass is 10.1. The van der Waals surface area contributed by atoms with E-state index in [1.54, 1.807) is 36.7 Å². The lowest BCUT2D eigenvalue weighted by molar-refractivity contribution is 0.0962. The molecule has 25 heavy (non-hydrogen) atoms. The van der Waals surface area contributed by atoms with Crippen molar-refractivity contribution in [2.45, 2.75) is 19.0 Å². The molecule has 3 rings (SSSR count).